The second kappa shape index (κ2) is 4.14. The van der Waals surface area contributed by atoms with Crippen molar-refractivity contribution in [3.63, 3.8) is 0 Å². The topological polar surface area (TPSA) is 54.2 Å². The van der Waals surface area contributed by atoms with Crippen molar-refractivity contribution in [1.82, 2.24) is 20.4 Å². The molecule has 1 aromatic rings. The minimum atomic E-state index is 0.555. The van der Waals surface area contributed by atoms with E-state index in [0.717, 1.165) is 31.3 Å². The van der Waals surface area contributed by atoms with E-state index in [1.54, 1.807) is 0 Å². The fourth-order valence-electron chi connectivity index (χ4n) is 2.20. The molecule has 1 aliphatic heterocycles. The van der Waals surface area contributed by atoms with Crippen LogP contribution in [0, 0.1) is 0 Å². The lowest BCUT2D eigenvalue weighted by Crippen LogP contribution is -2.33. The summed E-state index contributed by atoms with van der Waals surface area (Å²) in [6.45, 7) is 2.99. The van der Waals surface area contributed by atoms with E-state index in [9.17, 15) is 0 Å². The molecule has 2 aliphatic rings. The Balaban J connectivity index is 1.59. The average molecular weight is 222 g/mol. The van der Waals surface area contributed by atoms with E-state index in [2.05, 4.69) is 27.4 Å². The predicted octanol–water partition coefficient (Wildman–Crippen LogP) is 0.741. The van der Waals surface area contributed by atoms with E-state index in [4.69, 9.17) is 4.52 Å². The van der Waals surface area contributed by atoms with Gasteiger partial charge in [0, 0.05) is 18.5 Å². The van der Waals surface area contributed by atoms with Crippen molar-refractivity contribution in [3.05, 3.63) is 11.7 Å². The summed E-state index contributed by atoms with van der Waals surface area (Å²) in [5.74, 6) is 2.23. The second-order valence-corrected chi connectivity index (χ2v) is 4.88. The quantitative estimate of drug-likeness (QED) is 0.814. The molecule has 1 N–H and O–H groups in total. The van der Waals surface area contributed by atoms with Crippen molar-refractivity contribution in [3.8, 4) is 0 Å². The van der Waals surface area contributed by atoms with Crippen LogP contribution >= 0.6 is 0 Å². The van der Waals surface area contributed by atoms with E-state index in [1.807, 2.05) is 0 Å². The fourth-order valence-corrected chi connectivity index (χ4v) is 2.20. The Hall–Kier alpha value is -0.940. The molecule has 88 valence electrons. The highest BCUT2D eigenvalue weighted by Crippen LogP contribution is 2.38. The molecule has 5 heteroatoms. The standard InChI is InChI=1S/C11H18N4O/c1-15(9-4-5-12-6-9)7-10-13-11(16-14-10)8-2-3-8/h8-9,12H,2-7H2,1H3/t9-/m0/s1. The number of aromatic nitrogens is 2. The van der Waals surface area contributed by atoms with Crippen LogP contribution in [0.3, 0.4) is 0 Å². The number of nitrogens with zero attached hydrogens (tertiary/aromatic N) is 3. The van der Waals surface area contributed by atoms with Gasteiger partial charge in [-0.2, -0.15) is 4.98 Å². The Morgan fingerprint density at radius 2 is 2.31 bits per heavy atom. The molecule has 2 fully saturated rings. The summed E-state index contributed by atoms with van der Waals surface area (Å²) in [6.07, 6.45) is 3.64. The van der Waals surface area contributed by atoms with Gasteiger partial charge in [0.25, 0.3) is 0 Å². The Bertz CT molecular complexity index is 355. The van der Waals surface area contributed by atoms with E-state index >= 15 is 0 Å². The van der Waals surface area contributed by atoms with Crippen LogP contribution < -0.4 is 5.32 Å². The van der Waals surface area contributed by atoms with Crippen LogP contribution in [0.4, 0.5) is 0 Å². The Morgan fingerprint density at radius 1 is 1.44 bits per heavy atom. The normalized spacial score (nSPS) is 25.5. The lowest BCUT2D eigenvalue weighted by Gasteiger charge is -2.21. The molecule has 1 saturated heterocycles. The van der Waals surface area contributed by atoms with E-state index in [1.165, 1.54) is 19.3 Å². The molecule has 16 heavy (non-hydrogen) atoms. The molecule has 1 aliphatic carbocycles. The summed E-state index contributed by atoms with van der Waals surface area (Å²) < 4.78 is 5.25. The Morgan fingerprint density at radius 3 is 3.00 bits per heavy atom. The van der Waals surface area contributed by atoms with Crippen molar-refractivity contribution in [2.45, 2.75) is 37.8 Å². The van der Waals surface area contributed by atoms with E-state index < -0.39 is 0 Å². The Labute approximate surface area is 95.2 Å². The van der Waals surface area contributed by atoms with Crippen molar-refractivity contribution < 1.29 is 4.52 Å². The van der Waals surface area contributed by atoms with Gasteiger partial charge in [-0.3, -0.25) is 4.90 Å². The van der Waals surface area contributed by atoms with Gasteiger partial charge in [0.1, 0.15) is 0 Å². The first-order valence-electron chi connectivity index (χ1n) is 6.06. The summed E-state index contributed by atoms with van der Waals surface area (Å²) in [5.41, 5.74) is 0. The van der Waals surface area contributed by atoms with Crippen molar-refractivity contribution >= 4 is 0 Å². The molecule has 0 unspecified atom stereocenters. The number of hydrogen-bond acceptors (Lipinski definition) is 5. The molecule has 5 nitrogen and oxygen atoms in total. The van der Waals surface area contributed by atoms with Crippen LogP contribution in [0.15, 0.2) is 4.52 Å². The Kier molecular flexibility index (Phi) is 2.65. The highest BCUT2D eigenvalue weighted by atomic mass is 16.5. The molecule has 1 atom stereocenters. The van der Waals surface area contributed by atoms with Gasteiger partial charge in [-0.1, -0.05) is 5.16 Å². The molecule has 1 saturated carbocycles. The molecule has 0 amide bonds. The molecule has 0 aromatic carbocycles. The molecule has 2 heterocycles. The number of rotatable bonds is 4. The zero-order valence-electron chi connectivity index (χ0n) is 9.65. The molecule has 0 radical (unpaired) electrons. The first kappa shape index (κ1) is 10.2. The maximum Gasteiger partial charge on any atom is 0.229 e. The second-order valence-electron chi connectivity index (χ2n) is 4.88. The lowest BCUT2D eigenvalue weighted by atomic mass is 10.2. The zero-order chi connectivity index (χ0) is 11.0. The predicted molar refractivity (Wildman–Crippen MR) is 59.0 cm³/mol. The highest BCUT2D eigenvalue weighted by Gasteiger charge is 2.30. The van der Waals surface area contributed by atoms with Gasteiger partial charge in [-0.25, -0.2) is 0 Å². The summed E-state index contributed by atoms with van der Waals surface area (Å²) in [5, 5.41) is 7.41. The van der Waals surface area contributed by atoms with E-state index in [0.29, 0.717) is 12.0 Å². The van der Waals surface area contributed by atoms with Crippen molar-refractivity contribution in [2.75, 3.05) is 20.1 Å². The molecule has 0 bridgehead atoms. The molecule has 0 spiro atoms. The first-order valence-corrected chi connectivity index (χ1v) is 6.06. The van der Waals surface area contributed by atoms with Gasteiger partial charge >= 0.3 is 0 Å². The average Bonchev–Trinajstić information content (AvgIpc) is 2.82. The van der Waals surface area contributed by atoms with Crippen LogP contribution in [0.1, 0.15) is 36.9 Å². The molecular weight excluding hydrogens is 204 g/mol. The highest BCUT2D eigenvalue weighted by molar-refractivity contribution is 5.01. The summed E-state index contributed by atoms with van der Waals surface area (Å²) in [6, 6.07) is 0.614. The SMILES string of the molecule is CN(Cc1noc(C2CC2)n1)[C@H]1CCNC1. The van der Waals surface area contributed by atoms with Gasteiger partial charge in [-0.15, -0.1) is 0 Å². The minimum Gasteiger partial charge on any atom is -0.339 e. The van der Waals surface area contributed by atoms with Crippen molar-refractivity contribution in [1.29, 1.82) is 0 Å². The third-order valence-corrected chi connectivity index (χ3v) is 3.46. The minimum absolute atomic E-state index is 0.555. The van der Waals surface area contributed by atoms with Gasteiger partial charge in [0.2, 0.25) is 5.89 Å². The zero-order valence-corrected chi connectivity index (χ0v) is 9.65. The van der Waals surface area contributed by atoms with Crippen molar-refractivity contribution in [2.24, 2.45) is 0 Å². The van der Waals surface area contributed by atoms with Gasteiger partial charge < -0.3 is 9.84 Å². The summed E-state index contributed by atoms with van der Waals surface area (Å²) >= 11 is 0. The third-order valence-electron chi connectivity index (χ3n) is 3.46. The van der Waals surface area contributed by atoms with Crippen LogP contribution in [0.5, 0.6) is 0 Å². The van der Waals surface area contributed by atoms with E-state index in [-0.39, 0.29) is 0 Å². The smallest absolute Gasteiger partial charge is 0.229 e. The maximum atomic E-state index is 5.25. The lowest BCUT2D eigenvalue weighted by molar-refractivity contribution is 0.239. The summed E-state index contributed by atoms with van der Waals surface area (Å²) in [7, 11) is 2.13. The van der Waals surface area contributed by atoms with Gasteiger partial charge in [0.15, 0.2) is 5.82 Å². The van der Waals surface area contributed by atoms with Crippen LogP contribution in [0.2, 0.25) is 0 Å². The van der Waals surface area contributed by atoms with Crippen LogP contribution in [-0.2, 0) is 6.54 Å². The maximum absolute atomic E-state index is 5.25. The number of hydrogen-bond donors (Lipinski definition) is 1. The van der Waals surface area contributed by atoms with Crippen LogP contribution in [0.25, 0.3) is 0 Å². The third kappa shape index (κ3) is 2.10. The molecule has 1 aromatic heterocycles. The molecule has 3 rings (SSSR count). The number of nitrogens with one attached hydrogen (secondary N) is 1. The largest absolute Gasteiger partial charge is 0.339 e. The number of likely N-dealkylation sites (N-methyl/N-ethyl adjacent to an activating group) is 1. The first-order chi connectivity index (χ1) is 7.83. The summed E-state index contributed by atoms with van der Waals surface area (Å²) in [4.78, 5) is 6.75. The van der Waals surface area contributed by atoms with Crippen LogP contribution in [-0.4, -0.2) is 41.2 Å². The monoisotopic (exact) mass is 222 g/mol. The van der Waals surface area contributed by atoms with Gasteiger partial charge in [-0.05, 0) is 32.9 Å². The molecular formula is C11H18N4O. The van der Waals surface area contributed by atoms with Gasteiger partial charge in [0.05, 0.1) is 6.54 Å². The fraction of sp³-hybridized carbons (Fsp3) is 0.818.